The molecule has 1 N–H and O–H groups in total. The fraction of sp³-hybridized carbons (Fsp3) is 0.818. The van der Waals surface area contributed by atoms with Crippen LogP contribution in [0.5, 0.6) is 0 Å². The third kappa shape index (κ3) is 6.55. The number of rotatable bonds is 9. The molecule has 0 amide bonds. The lowest BCUT2D eigenvalue weighted by Crippen LogP contribution is -2.58. The third-order valence-electron chi connectivity index (χ3n) is 7.85. The number of H-pyrrole nitrogens is 1. The lowest BCUT2D eigenvalue weighted by molar-refractivity contribution is -0.0912. The van der Waals surface area contributed by atoms with Crippen LogP contribution in [0.25, 0.3) is 20.9 Å². The summed E-state index contributed by atoms with van der Waals surface area (Å²) in [5.74, 6) is 0. The van der Waals surface area contributed by atoms with Crippen molar-refractivity contribution in [3.8, 4) is 0 Å². The molecule has 1 aromatic heterocycles. The first-order chi connectivity index (χ1) is 16.8. The molecule has 1 fully saturated rings. The fourth-order valence-corrected chi connectivity index (χ4v) is 6.19. The predicted octanol–water partition coefficient (Wildman–Crippen LogP) is 5.21. The first-order valence-electron chi connectivity index (χ1n) is 12.2. The van der Waals surface area contributed by atoms with Gasteiger partial charge in [0.15, 0.2) is 22.9 Å². The van der Waals surface area contributed by atoms with Gasteiger partial charge in [0.25, 0.3) is 5.56 Å². The van der Waals surface area contributed by atoms with Gasteiger partial charge in [-0.3, -0.25) is 14.3 Å². The van der Waals surface area contributed by atoms with Crippen molar-refractivity contribution in [2.24, 2.45) is 10.2 Å². The molecule has 1 aromatic rings. The van der Waals surface area contributed by atoms with Crippen molar-refractivity contribution in [1.29, 1.82) is 0 Å². The third-order valence-corrected chi connectivity index (χ3v) is 16.8. The average molecular weight is 553 g/mol. The van der Waals surface area contributed by atoms with Gasteiger partial charge in [0.1, 0.15) is 17.8 Å². The molecule has 1 aliphatic rings. The Kier molecular flexibility index (Phi) is 8.98. The summed E-state index contributed by atoms with van der Waals surface area (Å²) in [5.41, 5.74) is 15.7. The van der Waals surface area contributed by atoms with E-state index in [2.05, 4.69) is 92.8 Å². The fourth-order valence-electron chi connectivity index (χ4n) is 3.58. The summed E-state index contributed by atoms with van der Waals surface area (Å²) < 4.78 is 21.6. The summed E-state index contributed by atoms with van der Waals surface area (Å²) in [5, 5.41) is 7.17. The van der Waals surface area contributed by atoms with Crippen molar-refractivity contribution in [1.82, 2.24) is 9.55 Å². The molecule has 0 radical (unpaired) electrons. The lowest BCUT2D eigenvalue weighted by atomic mass is 9.95. The molecule has 2 heterocycles. The van der Waals surface area contributed by atoms with Gasteiger partial charge >= 0.3 is 5.69 Å². The molecule has 37 heavy (non-hydrogen) atoms. The molecular formula is C22H40N8O5Si2. The smallest absolute Gasteiger partial charge is 0.330 e. The molecule has 2 rings (SSSR count). The summed E-state index contributed by atoms with van der Waals surface area (Å²) in [6.45, 7) is 20.4. The van der Waals surface area contributed by atoms with Gasteiger partial charge in [-0.1, -0.05) is 51.8 Å². The Labute approximate surface area is 219 Å². The van der Waals surface area contributed by atoms with Crippen molar-refractivity contribution < 1.29 is 13.6 Å². The molecule has 0 saturated carbocycles. The van der Waals surface area contributed by atoms with E-state index in [1.165, 1.54) is 16.8 Å². The largest absolute Gasteiger partial charge is 0.408 e. The van der Waals surface area contributed by atoms with Crippen LogP contribution in [0.2, 0.25) is 36.3 Å². The highest BCUT2D eigenvalue weighted by molar-refractivity contribution is 6.74. The maximum absolute atomic E-state index is 12.9. The molecule has 0 aromatic carbocycles. The van der Waals surface area contributed by atoms with E-state index in [1.807, 2.05) is 0 Å². The minimum absolute atomic E-state index is 0.199. The number of azide groups is 2. The van der Waals surface area contributed by atoms with Gasteiger partial charge in [0.2, 0.25) is 0 Å². The zero-order chi connectivity index (χ0) is 28.4. The van der Waals surface area contributed by atoms with E-state index < -0.39 is 51.9 Å². The quantitative estimate of drug-likeness (QED) is 0.191. The van der Waals surface area contributed by atoms with Crippen LogP contribution >= 0.6 is 0 Å². The van der Waals surface area contributed by atoms with Crippen LogP contribution in [-0.4, -0.2) is 57.1 Å². The van der Waals surface area contributed by atoms with Gasteiger partial charge in [-0.2, -0.15) is 0 Å². The second-order valence-electron chi connectivity index (χ2n) is 12.5. The second-order valence-corrected chi connectivity index (χ2v) is 22.0. The molecule has 0 aliphatic carbocycles. The minimum atomic E-state index is -2.51. The Morgan fingerprint density at radius 3 is 1.92 bits per heavy atom. The number of ether oxygens (including phenoxy) is 1. The van der Waals surface area contributed by atoms with Gasteiger partial charge in [-0.15, -0.1) is 0 Å². The molecule has 0 spiro atoms. The van der Waals surface area contributed by atoms with Crippen molar-refractivity contribution in [2.75, 3.05) is 13.1 Å². The number of hydrogen-bond acceptors (Lipinski definition) is 7. The maximum atomic E-state index is 12.9. The van der Waals surface area contributed by atoms with Crippen LogP contribution in [0.4, 0.5) is 0 Å². The van der Waals surface area contributed by atoms with Gasteiger partial charge in [0.05, 0.1) is 13.1 Å². The van der Waals surface area contributed by atoms with Crippen LogP contribution in [0, 0.1) is 0 Å². The molecule has 13 nitrogen and oxygen atoms in total. The van der Waals surface area contributed by atoms with E-state index in [9.17, 15) is 20.7 Å². The first-order valence-corrected chi connectivity index (χ1v) is 18.0. The average Bonchev–Trinajstić information content (AvgIpc) is 3.01. The Morgan fingerprint density at radius 1 is 1.00 bits per heavy atom. The summed E-state index contributed by atoms with van der Waals surface area (Å²) in [4.78, 5) is 32.8. The number of nitrogens with zero attached hydrogens (tertiary/aromatic N) is 7. The van der Waals surface area contributed by atoms with Crippen molar-refractivity contribution in [3.63, 3.8) is 0 Å². The maximum Gasteiger partial charge on any atom is 0.330 e. The van der Waals surface area contributed by atoms with Gasteiger partial charge in [0, 0.05) is 22.1 Å². The number of aromatic nitrogens is 2. The molecule has 1 aliphatic heterocycles. The highest BCUT2D eigenvalue weighted by atomic mass is 28.4. The minimum Gasteiger partial charge on any atom is -0.408 e. The SMILES string of the molecule is CC(C)(C)[Si](C)(C)O[C@H]1[C@H](n2ccc(=O)[nH]c2=O)OC(CN=[N+]=[N-])(CN=[N+]=[N-])[C@H]1O[Si](C)(C)C(C)(C)C. The van der Waals surface area contributed by atoms with Crippen LogP contribution in [0.3, 0.4) is 0 Å². The number of hydrogen-bond donors (Lipinski definition) is 1. The summed E-state index contributed by atoms with van der Waals surface area (Å²) in [6, 6.07) is 1.22. The van der Waals surface area contributed by atoms with Crippen molar-refractivity contribution in [3.05, 3.63) is 54.0 Å². The number of aromatic amines is 1. The standard InChI is InChI=1S/C22H40N8O5Si2/c1-20(2,3)36(7,8)34-16-17(35-37(9,10)21(4,5)6)22(13-25-28-23,14-26-29-24)33-18(16)30-12-11-15(31)27-19(30)32/h11-12,16-18H,13-14H2,1-10H3,(H,27,31,32)/t16-,17+,18-/m1/s1. The van der Waals surface area contributed by atoms with Gasteiger partial charge < -0.3 is 13.6 Å². The number of nitrogens with one attached hydrogen (secondary N) is 1. The topological polar surface area (TPSA) is 180 Å². The van der Waals surface area contributed by atoms with Crippen molar-refractivity contribution >= 4 is 16.6 Å². The molecular weight excluding hydrogens is 512 g/mol. The Bertz CT molecular complexity index is 1170. The van der Waals surface area contributed by atoms with E-state index in [1.54, 1.807) is 0 Å². The summed E-state index contributed by atoms with van der Waals surface area (Å²) in [7, 11) is -5.01. The Balaban J connectivity index is 2.87. The molecule has 15 heteroatoms. The van der Waals surface area contributed by atoms with Gasteiger partial charge in [-0.25, -0.2) is 4.79 Å². The summed E-state index contributed by atoms with van der Waals surface area (Å²) in [6.07, 6.45) is -1.38. The molecule has 206 valence electrons. The summed E-state index contributed by atoms with van der Waals surface area (Å²) >= 11 is 0. The van der Waals surface area contributed by atoms with Crippen LogP contribution in [0.15, 0.2) is 32.1 Å². The molecule has 1 saturated heterocycles. The molecule has 3 atom stereocenters. The normalized spacial score (nSPS) is 24.9. The second kappa shape index (κ2) is 10.8. The highest BCUT2D eigenvalue weighted by Crippen LogP contribution is 2.48. The Morgan fingerprint density at radius 2 is 1.49 bits per heavy atom. The van der Waals surface area contributed by atoms with E-state index in [0.29, 0.717) is 0 Å². The lowest BCUT2D eigenvalue weighted by Gasteiger charge is -2.45. The highest BCUT2D eigenvalue weighted by Gasteiger charge is 2.60. The van der Waals surface area contributed by atoms with E-state index in [4.69, 9.17) is 13.6 Å². The van der Waals surface area contributed by atoms with Crippen molar-refractivity contribution in [2.45, 2.75) is 102 Å². The monoisotopic (exact) mass is 552 g/mol. The molecule has 0 bridgehead atoms. The van der Waals surface area contributed by atoms with Gasteiger partial charge in [-0.05, 0) is 47.3 Å². The van der Waals surface area contributed by atoms with E-state index >= 15 is 0 Å². The van der Waals surface area contributed by atoms with Crippen LogP contribution in [0.1, 0.15) is 47.8 Å². The van der Waals surface area contributed by atoms with E-state index in [-0.39, 0.29) is 23.2 Å². The van der Waals surface area contributed by atoms with E-state index in [0.717, 1.165) is 0 Å². The zero-order valence-corrected chi connectivity index (χ0v) is 25.5. The van der Waals surface area contributed by atoms with Crippen LogP contribution in [-0.2, 0) is 13.6 Å². The first kappa shape index (κ1) is 30.8. The Hall–Kier alpha value is -2.39. The predicted molar refractivity (Wildman–Crippen MR) is 146 cm³/mol. The van der Waals surface area contributed by atoms with Crippen LogP contribution < -0.4 is 11.2 Å². The molecule has 0 unspecified atom stereocenters. The zero-order valence-electron chi connectivity index (χ0n) is 23.5.